The van der Waals surface area contributed by atoms with Crippen molar-refractivity contribution < 1.29 is 14.7 Å². The van der Waals surface area contributed by atoms with Crippen molar-refractivity contribution in [3.05, 3.63) is 35.9 Å². The van der Waals surface area contributed by atoms with Gasteiger partial charge in [0.1, 0.15) is 6.54 Å². The molecule has 0 bridgehead atoms. The fraction of sp³-hybridized carbons (Fsp3) is 0.333. The molecule has 2 N–H and O–H groups in total. The summed E-state index contributed by atoms with van der Waals surface area (Å²) in [7, 11) is 0. The molecule has 17 heavy (non-hydrogen) atoms. The van der Waals surface area contributed by atoms with Crippen molar-refractivity contribution in [1.82, 2.24) is 10.2 Å². The summed E-state index contributed by atoms with van der Waals surface area (Å²) in [6.07, 6.45) is 0. The molecule has 0 radical (unpaired) electrons. The van der Waals surface area contributed by atoms with Crippen LogP contribution in [0.3, 0.4) is 0 Å². The first-order chi connectivity index (χ1) is 8.13. The van der Waals surface area contributed by atoms with Gasteiger partial charge in [0.05, 0.1) is 0 Å². The highest BCUT2D eigenvalue weighted by Gasteiger charge is 2.13. The summed E-state index contributed by atoms with van der Waals surface area (Å²) in [5.74, 6) is -1.01. The Kier molecular flexibility index (Phi) is 5.00. The van der Waals surface area contributed by atoms with Crippen LogP contribution >= 0.6 is 0 Å². The number of carboxylic acids is 1. The molecule has 1 rings (SSSR count). The third kappa shape index (κ3) is 4.55. The highest BCUT2D eigenvalue weighted by atomic mass is 16.4. The lowest BCUT2D eigenvalue weighted by molar-refractivity contribution is -0.137. The van der Waals surface area contributed by atoms with Crippen LogP contribution in [0.5, 0.6) is 0 Å². The summed E-state index contributed by atoms with van der Waals surface area (Å²) in [5.41, 5.74) is 0.979. The van der Waals surface area contributed by atoms with Crippen molar-refractivity contribution in [3.8, 4) is 0 Å². The van der Waals surface area contributed by atoms with Crippen molar-refractivity contribution >= 4 is 12.0 Å². The quantitative estimate of drug-likeness (QED) is 0.809. The lowest BCUT2D eigenvalue weighted by Crippen LogP contribution is -2.42. The molecule has 0 aliphatic heterocycles. The number of likely N-dealkylation sites (N-methyl/N-ethyl adjacent to an activating group) is 1. The molecule has 0 fully saturated rings. The average molecular weight is 236 g/mol. The van der Waals surface area contributed by atoms with Crippen LogP contribution in [-0.4, -0.2) is 35.1 Å². The molecule has 5 heteroatoms. The predicted octanol–water partition coefficient (Wildman–Crippen LogP) is 1.30. The standard InChI is InChI=1S/C12H16N2O3/c1-2-14(9-11(15)16)12(17)13-8-10-6-4-3-5-7-10/h3-7H,2,8-9H2,1H3,(H,13,17)(H,15,16). The molecule has 0 unspecified atom stereocenters. The van der Waals surface area contributed by atoms with Gasteiger partial charge in [0, 0.05) is 13.1 Å². The van der Waals surface area contributed by atoms with Gasteiger partial charge >= 0.3 is 12.0 Å². The largest absolute Gasteiger partial charge is 0.480 e. The van der Waals surface area contributed by atoms with Gasteiger partial charge in [-0.3, -0.25) is 4.79 Å². The number of hydrogen-bond acceptors (Lipinski definition) is 2. The van der Waals surface area contributed by atoms with Crippen molar-refractivity contribution in [2.24, 2.45) is 0 Å². The number of nitrogens with zero attached hydrogens (tertiary/aromatic N) is 1. The van der Waals surface area contributed by atoms with Crippen LogP contribution in [0.2, 0.25) is 0 Å². The Morgan fingerprint density at radius 1 is 1.29 bits per heavy atom. The number of nitrogens with one attached hydrogen (secondary N) is 1. The minimum Gasteiger partial charge on any atom is -0.480 e. The van der Waals surface area contributed by atoms with Gasteiger partial charge in [0.2, 0.25) is 0 Å². The van der Waals surface area contributed by atoms with E-state index in [0.717, 1.165) is 5.56 Å². The van der Waals surface area contributed by atoms with E-state index in [9.17, 15) is 9.59 Å². The van der Waals surface area contributed by atoms with E-state index in [2.05, 4.69) is 5.32 Å². The summed E-state index contributed by atoms with van der Waals surface area (Å²) >= 11 is 0. The van der Waals surface area contributed by atoms with Crippen LogP contribution in [0.4, 0.5) is 4.79 Å². The fourth-order valence-electron chi connectivity index (χ4n) is 1.38. The van der Waals surface area contributed by atoms with Gasteiger partial charge in [-0.2, -0.15) is 0 Å². The topological polar surface area (TPSA) is 69.6 Å². The zero-order valence-corrected chi connectivity index (χ0v) is 9.72. The second-order valence-corrected chi connectivity index (χ2v) is 3.55. The summed E-state index contributed by atoms with van der Waals surface area (Å²) in [4.78, 5) is 23.4. The number of benzene rings is 1. The first-order valence-corrected chi connectivity index (χ1v) is 5.42. The Bertz CT molecular complexity index is 379. The molecule has 0 aliphatic rings. The summed E-state index contributed by atoms with van der Waals surface area (Å²) in [6, 6.07) is 9.10. The van der Waals surface area contributed by atoms with Crippen molar-refractivity contribution in [2.45, 2.75) is 13.5 Å². The predicted molar refractivity (Wildman–Crippen MR) is 63.6 cm³/mol. The molecule has 0 saturated carbocycles. The van der Waals surface area contributed by atoms with E-state index >= 15 is 0 Å². The van der Waals surface area contributed by atoms with E-state index in [1.54, 1.807) is 6.92 Å². The highest BCUT2D eigenvalue weighted by Crippen LogP contribution is 1.98. The van der Waals surface area contributed by atoms with E-state index in [4.69, 9.17) is 5.11 Å². The van der Waals surface area contributed by atoms with Crippen LogP contribution < -0.4 is 5.32 Å². The Morgan fingerprint density at radius 2 is 1.94 bits per heavy atom. The fourth-order valence-corrected chi connectivity index (χ4v) is 1.38. The summed E-state index contributed by atoms with van der Waals surface area (Å²) in [6.45, 7) is 2.23. The first-order valence-electron chi connectivity index (χ1n) is 5.42. The zero-order valence-electron chi connectivity index (χ0n) is 9.72. The minimum atomic E-state index is -1.01. The molecule has 1 aromatic rings. The highest BCUT2D eigenvalue weighted by molar-refractivity contribution is 5.79. The zero-order chi connectivity index (χ0) is 12.7. The van der Waals surface area contributed by atoms with Gasteiger partial charge in [-0.05, 0) is 12.5 Å². The Morgan fingerprint density at radius 3 is 2.47 bits per heavy atom. The maximum absolute atomic E-state index is 11.6. The maximum Gasteiger partial charge on any atom is 0.323 e. The van der Waals surface area contributed by atoms with Crippen molar-refractivity contribution in [3.63, 3.8) is 0 Å². The van der Waals surface area contributed by atoms with Gasteiger partial charge in [-0.1, -0.05) is 30.3 Å². The van der Waals surface area contributed by atoms with Crippen LogP contribution in [-0.2, 0) is 11.3 Å². The van der Waals surface area contributed by atoms with Gasteiger partial charge in [-0.15, -0.1) is 0 Å². The maximum atomic E-state index is 11.6. The molecule has 0 aliphatic carbocycles. The molecule has 2 amide bonds. The Hall–Kier alpha value is -2.04. The summed E-state index contributed by atoms with van der Waals surface area (Å²) in [5, 5.41) is 11.3. The number of rotatable bonds is 5. The van der Waals surface area contributed by atoms with E-state index in [-0.39, 0.29) is 12.6 Å². The van der Waals surface area contributed by atoms with E-state index in [1.807, 2.05) is 30.3 Å². The number of hydrogen-bond donors (Lipinski definition) is 2. The number of carbonyl (C=O) groups excluding carboxylic acids is 1. The third-order valence-corrected chi connectivity index (χ3v) is 2.28. The number of urea groups is 1. The lowest BCUT2D eigenvalue weighted by atomic mass is 10.2. The molecule has 0 spiro atoms. The van der Waals surface area contributed by atoms with Gasteiger partial charge in [-0.25, -0.2) is 4.79 Å². The van der Waals surface area contributed by atoms with E-state index < -0.39 is 5.97 Å². The molecule has 5 nitrogen and oxygen atoms in total. The van der Waals surface area contributed by atoms with Crippen LogP contribution in [0, 0.1) is 0 Å². The van der Waals surface area contributed by atoms with Crippen LogP contribution in [0.1, 0.15) is 12.5 Å². The molecule has 92 valence electrons. The molecule has 1 aromatic carbocycles. The summed E-state index contributed by atoms with van der Waals surface area (Å²) < 4.78 is 0. The number of amides is 2. The second-order valence-electron chi connectivity index (χ2n) is 3.55. The monoisotopic (exact) mass is 236 g/mol. The molecule has 0 saturated heterocycles. The molecule has 0 heterocycles. The molecular formula is C12H16N2O3. The smallest absolute Gasteiger partial charge is 0.323 e. The normalized spacial score (nSPS) is 9.71. The SMILES string of the molecule is CCN(CC(=O)O)C(=O)NCc1ccccc1. The third-order valence-electron chi connectivity index (χ3n) is 2.28. The minimum absolute atomic E-state index is 0.281. The number of carbonyl (C=O) groups is 2. The van der Waals surface area contributed by atoms with E-state index in [1.165, 1.54) is 4.90 Å². The Labute approximate surface area is 100 Å². The average Bonchev–Trinajstić information content (AvgIpc) is 2.34. The number of aliphatic carboxylic acids is 1. The molecule has 0 atom stereocenters. The molecule has 0 aromatic heterocycles. The number of carboxylic acid groups (broad SMARTS) is 1. The van der Waals surface area contributed by atoms with Crippen LogP contribution in [0.15, 0.2) is 30.3 Å². The van der Waals surface area contributed by atoms with E-state index in [0.29, 0.717) is 13.1 Å². The van der Waals surface area contributed by atoms with Crippen molar-refractivity contribution in [2.75, 3.05) is 13.1 Å². The van der Waals surface area contributed by atoms with Gasteiger partial charge in [0.15, 0.2) is 0 Å². The van der Waals surface area contributed by atoms with Gasteiger partial charge < -0.3 is 15.3 Å². The second kappa shape index (κ2) is 6.52. The van der Waals surface area contributed by atoms with Gasteiger partial charge in [0.25, 0.3) is 0 Å². The van der Waals surface area contributed by atoms with Crippen molar-refractivity contribution in [1.29, 1.82) is 0 Å². The van der Waals surface area contributed by atoms with Crippen LogP contribution in [0.25, 0.3) is 0 Å². The first kappa shape index (κ1) is 13.0. The Balaban J connectivity index is 2.45. The lowest BCUT2D eigenvalue weighted by Gasteiger charge is -2.19. The molecular weight excluding hydrogens is 220 g/mol.